The van der Waals surface area contributed by atoms with E-state index in [0.29, 0.717) is 6.42 Å². The van der Waals surface area contributed by atoms with E-state index in [2.05, 4.69) is 23.8 Å². The lowest BCUT2D eigenvalue weighted by molar-refractivity contribution is -0.137. The zero-order valence-electron chi connectivity index (χ0n) is 17.6. The molecule has 0 saturated heterocycles. The van der Waals surface area contributed by atoms with Crippen molar-refractivity contribution in [2.45, 2.75) is 39.2 Å². The minimum absolute atomic E-state index is 0.0406. The number of rotatable bonds is 6. The van der Waals surface area contributed by atoms with Crippen LogP contribution >= 0.6 is 0 Å². The van der Waals surface area contributed by atoms with Crippen molar-refractivity contribution in [2.75, 3.05) is 7.11 Å². The Balaban J connectivity index is 1.74. The highest BCUT2D eigenvalue weighted by atomic mass is 16.5. The van der Waals surface area contributed by atoms with Gasteiger partial charge in [-0.05, 0) is 42.7 Å². The first-order chi connectivity index (χ1) is 14.6. The summed E-state index contributed by atoms with van der Waals surface area (Å²) in [6.07, 6.45) is 5.61. The van der Waals surface area contributed by atoms with Crippen LogP contribution in [-0.4, -0.2) is 33.7 Å². The molecule has 0 spiro atoms. The number of methoxy groups -OCH3 is 1. The van der Waals surface area contributed by atoms with E-state index in [4.69, 9.17) is 9.84 Å². The Kier molecular flexibility index (Phi) is 5.74. The lowest BCUT2D eigenvalue weighted by Crippen LogP contribution is -2.32. The smallest absolute Gasteiger partial charge is 0.246 e. The van der Waals surface area contributed by atoms with E-state index >= 15 is 0 Å². The number of ether oxygens (including phenoxy) is 1. The van der Waals surface area contributed by atoms with Gasteiger partial charge >= 0.3 is 0 Å². The van der Waals surface area contributed by atoms with Crippen LogP contribution in [0.4, 0.5) is 0 Å². The van der Waals surface area contributed by atoms with Gasteiger partial charge in [-0.2, -0.15) is 5.10 Å². The van der Waals surface area contributed by atoms with Crippen molar-refractivity contribution in [3.8, 4) is 5.75 Å². The van der Waals surface area contributed by atoms with E-state index in [-0.39, 0.29) is 17.9 Å². The van der Waals surface area contributed by atoms with Crippen molar-refractivity contribution in [1.82, 2.24) is 15.0 Å². The van der Waals surface area contributed by atoms with E-state index in [1.807, 2.05) is 42.5 Å². The maximum Gasteiger partial charge on any atom is 0.246 e. The first-order valence-electron chi connectivity index (χ1n) is 10.4. The Labute approximate surface area is 176 Å². The van der Waals surface area contributed by atoms with Crippen LogP contribution in [0.15, 0.2) is 60.0 Å². The highest BCUT2D eigenvalue weighted by Gasteiger charge is 2.35. The Hall–Kier alpha value is -3.28. The van der Waals surface area contributed by atoms with Crippen LogP contribution in [0.3, 0.4) is 0 Å². The van der Waals surface area contributed by atoms with Crippen LogP contribution in [0.2, 0.25) is 0 Å². The van der Waals surface area contributed by atoms with Gasteiger partial charge in [-0.25, -0.2) is 5.01 Å². The number of hydrogen-bond acceptors (Lipinski definition) is 5. The quantitative estimate of drug-likeness (QED) is 0.597. The van der Waals surface area contributed by atoms with Gasteiger partial charge in [0.05, 0.1) is 29.9 Å². The summed E-state index contributed by atoms with van der Waals surface area (Å²) in [6, 6.07) is 13.7. The number of carbonyl (C=O) groups excluding carboxylic acids is 1. The molecular weight excluding hydrogens is 376 g/mol. The summed E-state index contributed by atoms with van der Waals surface area (Å²) >= 11 is 0. The molecule has 1 aliphatic heterocycles. The topological polar surface area (TPSA) is 67.7 Å². The third-order valence-electron chi connectivity index (χ3n) is 5.75. The molecule has 1 aromatic heterocycles. The van der Waals surface area contributed by atoms with Gasteiger partial charge in [-0.15, -0.1) is 0 Å². The van der Waals surface area contributed by atoms with Gasteiger partial charge in [0.15, 0.2) is 0 Å². The molecule has 1 aliphatic rings. The zero-order valence-corrected chi connectivity index (χ0v) is 17.6. The maximum absolute atomic E-state index is 13.3. The molecule has 1 unspecified atom stereocenters. The summed E-state index contributed by atoms with van der Waals surface area (Å²) in [7, 11) is 1.65. The zero-order chi connectivity index (χ0) is 21.1. The molecule has 4 rings (SSSR count). The average molecular weight is 402 g/mol. The Morgan fingerprint density at radius 2 is 1.87 bits per heavy atom. The molecule has 2 aromatic carbocycles. The second kappa shape index (κ2) is 8.61. The predicted molar refractivity (Wildman–Crippen MR) is 117 cm³/mol. The van der Waals surface area contributed by atoms with Crippen molar-refractivity contribution < 1.29 is 9.53 Å². The van der Waals surface area contributed by atoms with E-state index in [9.17, 15) is 4.79 Å². The first kappa shape index (κ1) is 20.0. The Morgan fingerprint density at radius 3 is 2.60 bits per heavy atom. The lowest BCUT2D eigenvalue weighted by atomic mass is 9.96. The predicted octanol–water partition coefficient (Wildman–Crippen LogP) is 4.75. The number of amides is 1. The van der Waals surface area contributed by atoms with Crippen LogP contribution in [0.25, 0.3) is 11.0 Å². The number of benzene rings is 2. The number of fused-ring (bicyclic) bond motifs is 1. The van der Waals surface area contributed by atoms with E-state index in [1.165, 1.54) is 0 Å². The molecule has 6 nitrogen and oxygen atoms in total. The van der Waals surface area contributed by atoms with Crippen molar-refractivity contribution in [1.29, 1.82) is 0 Å². The van der Waals surface area contributed by atoms with Crippen molar-refractivity contribution in [2.24, 2.45) is 11.0 Å². The van der Waals surface area contributed by atoms with E-state index < -0.39 is 0 Å². The summed E-state index contributed by atoms with van der Waals surface area (Å²) in [5, 5.41) is 6.48. The minimum Gasteiger partial charge on any atom is -0.497 e. The molecule has 6 heteroatoms. The largest absolute Gasteiger partial charge is 0.497 e. The number of hydrazone groups is 1. The Bertz CT molecular complexity index is 1090. The van der Waals surface area contributed by atoms with E-state index in [1.54, 1.807) is 24.5 Å². The second-order valence-electron chi connectivity index (χ2n) is 7.50. The summed E-state index contributed by atoms with van der Waals surface area (Å²) in [5.74, 6) is 0.806. The standard InChI is InChI=1S/C24H26N4O2/c1-4-16(5-2)24(29)28-23(18-9-10-20-22(14-18)26-12-11-25-20)15-21(27-28)17-7-6-8-19(13-17)30-3/h6-14,16,23H,4-5,15H2,1-3H3. The third kappa shape index (κ3) is 3.77. The van der Waals surface area contributed by atoms with Gasteiger partial charge in [-0.3, -0.25) is 14.8 Å². The molecule has 0 aliphatic carbocycles. The highest BCUT2D eigenvalue weighted by Crippen LogP contribution is 2.36. The molecule has 154 valence electrons. The van der Waals surface area contributed by atoms with Gasteiger partial charge in [0.2, 0.25) is 5.91 Å². The second-order valence-corrected chi connectivity index (χ2v) is 7.50. The number of nitrogens with zero attached hydrogens (tertiary/aromatic N) is 4. The van der Waals surface area contributed by atoms with Gasteiger partial charge in [0.25, 0.3) is 0 Å². The molecule has 0 saturated carbocycles. The summed E-state index contributed by atoms with van der Waals surface area (Å²) in [6.45, 7) is 4.10. The molecule has 30 heavy (non-hydrogen) atoms. The Morgan fingerprint density at radius 1 is 1.10 bits per heavy atom. The number of aromatic nitrogens is 2. The SMILES string of the molecule is CCC(CC)C(=O)N1N=C(c2cccc(OC)c2)CC1c1ccc2nccnc2c1. The maximum atomic E-state index is 13.3. The van der Waals surface area contributed by atoms with Crippen LogP contribution in [0, 0.1) is 5.92 Å². The molecule has 0 N–H and O–H groups in total. The van der Waals surface area contributed by atoms with Crippen molar-refractivity contribution in [3.63, 3.8) is 0 Å². The van der Waals surface area contributed by atoms with Crippen molar-refractivity contribution >= 4 is 22.7 Å². The fraction of sp³-hybridized carbons (Fsp3) is 0.333. The summed E-state index contributed by atoms with van der Waals surface area (Å²) in [4.78, 5) is 22.1. The van der Waals surface area contributed by atoms with Crippen LogP contribution in [-0.2, 0) is 4.79 Å². The molecular formula is C24H26N4O2. The molecule has 3 aromatic rings. The van der Waals surface area contributed by atoms with Gasteiger partial charge in [0.1, 0.15) is 5.75 Å². The molecule has 0 radical (unpaired) electrons. The molecule has 2 heterocycles. The molecule has 0 bridgehead atoms. The van der Waals surface area contributed by atoms with Crippen LogP contribution in [0.5, 0.6) is 5.75 Å². The fourth-order valence-corrected chi connectivity index (χ4v) is 3.96. The highest BCUT2D eigenvalue weighted by molar-refractivity contribution is 6.03. The average Bonchev–Trinajstić information content (AvgIpc) is 3.25. The minimum atomic E-state index is -0.161. The third-order valence-corrected chi connectivity index (χ3v) is 5.75. The molecule has 1 amide bonds. The van der Waals surface area contributed by atoms with Crippen LogP contribution < -0.4 is 4.74 Å². The van der Waals surface area contributed by atoms with Crippen molar-refractivity contribution in [3.05, 3.63) is 66.0 Å². The number of carbonyl (C=O) groups is 1. The first-order valence-corrected chi connectivity index (χ1v) is 10.4. The molecule has 0 fully saturated rings. The van der Waals surface area contributed by atoms with Gasteiger partial charge < -0.3 is 4.74 Å². The van der Waals surface area contributed by atoms with Gasteiger partial charge in [0, 0.05) is 30.3 Å². The fourth-order valence-electron chi connectivity index (χ4n) is 3.96. The lowest BCUT2D eigenvalue weighted by Gasteiger charge is -2.25. The normalized spacial score (nSPS) is 16.2. The van der Waals surface area contributed by atoms with Gasteiger partial charge in [-0.1, -0.05) is 32.0 Å². The molecule has 1 atom stereocenters. The monoisotopic (exact) mass is 402 g/mol. The summed E-state index contributed by atoms with van der Waals surface area (Å²) in [5.41, 5.74) is 4.53. The van der Waals surface area contributed by atoms with Crippen LogP contribution in [0.1, 0.15) is 50.3 Å². The van der Waals surface area contributed by atoms with E-state index in [0.717, 1.165) is 46.5 Å². The number of hydrogen-bond donors (Lipinski definition) is 0. The summed E-state index contributed by atoms with van der Waals surface area (Å²) < 4.78 is 5.37.